The van der Waals surface area contributed by atoms with Crippen molar-refractivity contribution in [3.05, 3.63) is 130 Å². The Bertz CT molecular complexity index is 1760. The lowest BCUT2D eigenvalue weighted by Crippen LogP contribution is -2.40. The third-order valence-electron chi connectivity index (χ3n) is 6.30. The molecule has 1 atom stereocenters. The highest BCUT2D eigenvalue weighted by Crippen LogP contribution is 2.31. The summed E-state index contributed by atoms with van der Waals surface area (Å²) in [5, 5.41) is 0. The minimum atomic E-state index is -0.634. The number of halogens is 2. The number of benzene rings is 3. The van der Waals surface area contributed by atoms with Gasteiger partial charge < -0.3 is 9.47 Å². The fourth-order valence-electron chi connectivity index (χ4n) is 4.48. The molecule has 0 bridgehead atoms. The molecule has 2 heterocycles. The molecule has 0 saturated heterocycles. The van der Waals surface area contributed by atoms with Gasteiger partial charge in [0.1, 0.15) is 18.2 Å². The number of esters is 1. The van der Waals surface area contributed by atoms with Crippen LogP contribution in [-0.4, -0.2) is 17.6 Å². The number of ether oxygens (including phenoxy) is 2. The second kappa shape index (κ2) is 11.7. The van der Waals surface area contributed by atoms with Crippen molar-refractivity contribution in [1.82, 2.24) is 4.57 Å². The van der Waals surface area contributed by atoms with Crippen molar-refractivity contribution in [2.24, 2.45) is 4.99 Å². The number of methoxy groups -OCH3 is 1. The van der Waals surface area contributed by atoms with Crippen molar-refractivity contribution in [3.63, 3.8) is 0 Å². The summed E-state index contributed by atoms with van der Waals surface area (Å²) in [6.45, 7) is 2.17. The number of aromatic nitrogens is 1. The predicted octanol–water partition coefficient (Wildman–Crippen LogP) is 5.12. The van der Waals surface area contributed by atoms with Crippen molar-refractivity contribution in [3.8, 4) is 5.75 Å². The molecule has 6 nitrogen and oxygen atoms in total. The van der Waals surface area contributed by atoms with Crippen LogP contribution in [0.1, 0.15) is 36.1 Å². The highest BCUT2D eigenvalue weighted by atomic mass is 127. The van der Waals surface area contributed by atoms with Gasteiger partial charge in [0.25, 0.3) is 5.56 Å². The minimum Gasteiger partial charge on any atom is -0.488 e. The number of carbonyl (C=O) groups is 1. The molecule has 9 heteroatoms. The third kappa shape index (κ3) is 5.60. The number of hydrogen-bond acceptors (Lipinski definition) is 6. The number of nitrogens with zero attached hydrogens (tertiary/aromatic N) is 2. The van der Waals surface area contributed by atoms with E-state index < -0.39 is 12.0 Å². The number of hydrogen-bond donors (Lipinski definition) is 0. The number of carbonyl (C=O) groups excluding carboxylic acids is 1. The van der Waals surface area contributed by atoms with E-state index >= 15 is 0 Å². The number of allylic oxidation sites excluding steroid dienone is 1. The van der Waals surface area contributed by atoms with Gasteiger partial charge in [0.05, 0.1) is 32.5 Å². The summed E-state index contributed by atoms with van der Waals surface area (Å²) in [5.74, 6) is -0.137. The molecule has 0 aliphatic carbocycles. The molecule has 5 rings (SSSR count). The van der Waals surface area contributed by atoms with Crippen LogP contribution in [0.25, 0.3) is 6.08 Å². The monoisotopic (exact) mass is 654 g/mol. The van der Waals surface area contributed by atoms with Crippen LogP contribution in [0.5, 0.6) is 5.75 Å². The molecule has 198 valence electrons. The Morgan fingerprint density at radius 1 is 1.13 bits per heavy atom. The summed E-state index contributed by atoms with van der Waals surface area (Å²) in [4.78, 5) is 31.9. The van der Waals surface area contributed by atoms with Crippen molar-refractivity contribution in [1.29, 1.82) is 0 Å². The van der Waals surface area contributed by atoms with E-state index in [2.05, 4.69) is 22.6 Å². The fourth-order valence-corrected chi connectivity index (χ4v) is 6.19. The SMILES string of the molecule is CCC1=C(C(=O)OC)[C@H](c2ccccc2)n2c(s/c(=C\c3ccc(OCc4cccc(F)c4)c(I)c3)c2=O)=N1. The van der Waals surface area contributed by atoms with E-state index in [1.54, 1.807) is 10.6 Å². The molecule has 1 aromatic heterocycles. The van der Waals surface area contributed by atoms with E-state index in [-0.39, 0.29) is 18.0 Å². The van der Waals surface area contributed by atoms with Crippen LogP contribution in [0, 0.1) is 9.39 Å². The highest BCUT2D eigenvalue weighted by molar-refractivity contribution is 14.1. The van der Waals surface area contributed by atoms with E-state index in [1.165, 1.54) is 30.6 Å². The van der Waals surface area contributed by atoms with Crippen LogP contribution in [0.15, 0.2) is 93.9 Å². The maximum Gasteiger partial charge on any atom is 0.338 e. The zero-order chi connectivity index (χ0) is 27.5. The van der Waals surface area contributed by atoms with Gasteiger partial charge in [-0.25, -0.2) is 14.2 Å². The molecule has 4 aromatic rings. The lowest BCUT2D eigenvalue weighted by atomic mass is 9.95. The molecule has 39 heavy (non-hydrogen) atoms. The van der Waals surface area contributed by atoms with Gasteiger partial charge in [-0.2, -0.15) is 0 Å². The third-order valence-corrected chi connectivity index (χ3v) is 8.13. The van der Waals surface area contributed by atoms with Gasteiger partial charge in [0, 0.05) is 0 Å². The maximum atomic E-state index is 13.7. The van der Waals surface area contributed by atoms with Gasteiger partial charge in [-0.1, -0.05) is 66.8 Å². The Balaban J connectivity index is 1.53. The quantitative estimate of drug-likeness (QED) is 0.205. The van der Waals surface area contributed by atoms with E-state index in [0.717, 1.165) is 20.3 Å². The van der Waals surface area contributed by atoms with E-state index in [9.17, 15) is 14.0 Å². The average molecular weight is 655 g/mol. The summed E-state index contributed by atoms with van der Waals surface area (Å²) in [6.07, 6.45) is 2.34. The van der Waals surface area contributed by atoms with Crippen LogP contribution in [0.3, 0.4) is 0 Å². The van der Waals surface area contributed by atoms with Crippen molar-refractivity contribution < 1.29 is 18.7 Å². The molecular formula is C30H24FIN2O4S. The second-order valence-electron chi connectivity index (χ2n) is 8.81. The zero-order valence-electron chi connectivity index (χ0n) is 21.2. The topological polar surface area (TPSA) is 69.9 Å². The summed E-state index contributed by atoms with van der Waals surface area (Å²) < 4.78 is 27.4. The van der Waals surface area contributed by atoms with Gasteiger partial charge in [-0.3, -0.25) is 9.36 Å². The van der Waals surface area contributed by atoms with Crippen LogP contribution in [0.4, 0.5) is 4.39 Å². The highest BCUT2D eigenvalue weighted by Gasteiger charge is 2.33. The van der Waals surface area contributed by atoms with Gasteiger partial charge in [-0.05, 0) is 76.0 Å². The molecular weight excluding hydrogens is 630 g/mol. The zero-order valence-corrected chi connectivity index (χ0v) is 24.2. The molecule has 0 saturated carbocycles. The van der Waals surface area contributed by atoms with Crippen LogP contribution >= 0.6 is 33.9 Å². The Hall–Kier alpha value is -3.57. The fraction of sp³-hybridized carbons (Fsp3) is 0.167. The van der Waals surface area contributed by atoms with Crippen LogP contribution in [-0.2, 0) is 16.1 Å². The smallest absolute Gasteiger partial charge is 0.338 e. The first-order chi connectivity index (χ1) is 18.9. The lowest BCUT2D eigenvalue weighted by molar-refractivity contribution is -0.136. The molecule has 0 amide bonds. The lowest BCUT2D eigenvalue weighted by Gasteiger charge is -2.25. The first-order valence-electron chi connectivity index (χ1n) is 12.2. The maximum absolute atomic E-state index is 13.7. The normalized spacial score (nSPS) is 15.1. The first kappa shape index (κ1) is 27.0. The molecule has 0 fully saturated rings. The van der Waals surface area contributed by atoms with Gasteiger partial charge in [-0.15, -0.1) is 0 Å². The van der Waals surface area contributed by atoms with E-state index in [1.807, 2.05) is 67.6 Å². The van der Waals surface area contributed by atoms with E-state index in [4.69, 9.17) is 14.5 Å². The summed E-state index contributed by atoms with van der Waals surface area (Å²) in [7, 11) is 1.34. The molecule has 0 unspecified atom stereocenters. The predicted molar refractivity (Wildman–Crippen MR) is 157 cm³/mol. The number of thiazole rings is 1. The van der Waals surface area contributed by atoms with Crippen molar-refractivity contribution in [2.45, 2.75) is 26.0 Å². The van der Waals surface area contributed by atoms with E-state index in [0.29, 0.717) is 32.8 Å². The minimum absolute atomic E-state index is 0.231. The Kier molecular flexibility index (Phi) is 8.08. The standard InChI is InChI=1S/C30H24FIN2O4S/c1-3-23-26(29(36)37-2)27(20-9-5-4-6-10-20)34-28(35)25(39-30(34)33-23)16-18-12-13-24(22(32)15-18)38-17-19-8-7-11-21(31)14-19/h4-16,27H,3,17H2,1-2H3/b25-16-/t27-/m0/s1. The van der Waals surface area contributed by atoms with Crippen LogP contribution in [0.2, 0.25) is 0 Å². The van der Waals surface area contributed by atoms with Gasteiger partial charge >= 0.3 is 5.97 Å². The summed E-state index contributed by atoms with van der Waals surface area (Å²) >= 11 is 3.47. The first-order valence-corrected chi connectivity index (χ1v) is 14.1. The summed E-state index contributed by atoms with van der Waals surface area (Å²) in [6, 6.07) is 20.7. The second-order valence-corrected chi connectivity index (χ2v) is 11.0. The molecule has 3 aromatic carbocycles. The van der Waals surface area contributed by atoms with Gasteiger partial charge in [0.15, 0.2) is 4.80 Å². The Morgan fingerprint density at radius 2 is 1.92 bits per heavy atom. The molecule has 1 aliphatic rings. The Labute approximate surface area is 241 Å². The average Bonchev–Trinajstić information content (AvgIpc) is 3.25. The largest absolute Gasteiger partial charge is 0.488 e. The Morgan fingerprint density at radius 3 is 2.62 bits per heavy atom. The molecule has 1 aliphatic heterocycles. The van der Waals surface area contributed by atoms with Crippen LogP contribution < -0.4 is 19.6 Å². The van der Waals surface area contributed by atoms with Crippen molar-refractivity contribution in [2.75, 3.05) is 7.11 Å². The molecule has 0 radical (unpaired) electrons. The summed E-state index contributed by atoms with van der Waals surface area (Å²) in [5.41, 5.74) is 3.12. The van der Waals surface area contributed by atoms with Gasteiger partial charge in [0.2, 0.25) is 0 Å². The number of rotatable bonds is 7. The molecule has 0 spiro atoms. The molecule has 0 N–H and O–H groups in total. The number of fused-ring (bicyclic) bond motifs is 1. The van der Waals surface area contributed by atoms with Crippen molar-refractivity contribution >= 4 is 46.0 Å².